The summed E-state index contributed by atoms with van der Waals surface area (Å²) in [4.78, 5) is 25.2. The van der Waals surface area contributed by atoms with Crippen LogP contribution in [0, 0.1) is 12.8 Å². The second-order valence-corrected chi connectivity index (χ2v) is 8.28. The van der Waals surface area contributed by atoms with Gasteiger partial charge in [0.1, 0.15) is 5.69 Å². The van der Waals surface area contributed by atoms with Crippen LogP contribution in [-0.4, -0.2) is 21.6 Å². The lowest BCUT2D eigenvalue weighted by Gasteiger charge is -2.09. The van der Waals surface area contributed by atoms with Gasteiger partial charge < -0.3 is 10.6 Å². The van der Waals surface area contributed by atoms with Crippen LogP contribution >= 0.6 is 0 Å². The minimum Gasteiger partial charge on any atom is -0.326 e. The highest BCUT2D eigenvalue weighted by atomic mass is 16.2. The molecule has 33 heavy (non-hydrogen) atoms. The van der Waals surface area contributed by atoms with Crippen molar-refractivity contribution >= 4 is 23.2 Å². The van der Waals surface area contributed by atoms with Crippen LogP contribution in [0.5, 0.6) is 0 Å². The van der Waals surface area contributed by atoms with E-state index in [2.05, 4.69) is 10.6 Å². The van der Waals surface area contributed by atoms with Crippen LogP contribution in [0.25, 0.3) is 16.9 Å². The van der Waals surface area contributed by atoms with Crippen molar-refractivity contribution in [2.45, 2.75) is 19.8 Å². The zero-order valence-corrected chi connectivity index (χ0v) is 18.3. The number of carbonyl (C=O) groups is 2. The van der Waals surface area contributed by atoms with Gasteiger partial charge in [-0.2, -0.15) is 5.10 Å². The Morgan fingerprint density at radius 1 is 0.848 bits per heavy atom. The molecule has 0 bridgehead atoms. The lowest BCUT2D eigenvalue weighted by molar-refractivity contribution is -0.117. The average molecular weight is 437 g/mol. The molecule has 3 aromatic carbocycles. The first-order valence-electron chi connectivity index (χ1n) is 11.0. The molecule has 6 nitrogen and oxygen atoms in total. The maximum atomic E-state index is 13.3. The van der Waals surface area contributed by atoms with Crippen LogP contribution in [-0.2, 0) is 4.79 Å². The normalized spacial score (nSPS) is 12.9. The molecule has 2 N–H and O–H groups in total. The second-order valence-electron chi connectivity index (χ2n) is 8.28. The van der Waals surface area contributed by atoms with Crippen LogP contribution in [0.4, 0.5) is 11.4 Å². The minimum absolute atomic E-state index is 0.0583. The Balaban J connectivity index is 1.42. The molecule has 6 heteroatoms. The van der Waals surface area contributed by atoms with Crippen molar-refractivity contribution in [3.8, 4) is 16.9 Å². The summed E-state index contributed by atoms with van der Waals surface area (Å²) in [5, 5.41) is 10.6. The molecule has 0 spiro atoms. The first-order valence-corrected chi connectivity index (χ1v) is 11.0. The predicted molar refractivity (Wildman–Crippen MR) is 129 cm³/mol. The van der Waals surface area contributed by atoms with Crippen molar-refractivity contribution in [1.82, 2.24) is 9.78 Å². The van der Waals surface area contributed by atoms with Crippen molar-refractivity contribution in [1.29, 1.82) is 0 Å². The molecule has 0 unspecified atom stereocenters. The number of carbonyl (C=O) groups excluding carboxylic acids is 2. The quantitative estimate of drug-likeness (QED) is 0.422. The maximum absolute atomic E-state index is 13.3. The fraction of sp³-hybridized carbons (Fsp3) is 0.148. The zero-order chi connectivity index (χ0) is 22.8. The Morgan fingerprint density at radius 2 is 1.48 bits per heavy atom. The van der Waals surface area contributed by atoms with E-state index in [1.54, 1.807) is 35.1 Å². The number of aromatic nitrogens is 2. The summed E-state index contributed by atoms with van der Waals surface area (Å²) in [5.41, 5.74) is 5.32. The molecule has 1 fully saturated rings. The third-order valence-electron chi connectivity index (χ3n) is 5.74. The fourth-order valence-corrected chi connectivity index (χ4v) is 3.72. The number of hydrogen-bond acceptors (Lipinski definition) is 3. The van der Waals surface area contributed by atoms with Gasteiger partial charge in [0, 0.05) is 29.1 Å². The fourth-order valence-electron chi connectivity index (χ4n) is 3.72. The van der Waals surface area contributed by atoms with Gasteiger partial charge in [0.25, 0.3) is 5.91 Å². The van der Waals surface area contributed by atoms with Crippen LogP contribution in [0.1, 0.15) is 28.8 Å². The van der Waals surface area contributed by atoms with E-state index in [0.717, 1.165) is 35.3 Å². The molecule has 2 amide bonds. The minimum atomic E-state index is -0.245. The Morgan fingerprint density at radius 3 is 2.15 bits per heavy atom. The molecule has 1 aromatic heterocycles. The Bertz CT molecular complexity index is 1310. The van der Waals surface area contributed by atoms with Crippen molar-refractivity contribution in [2.24, 2.45) is 5.92 Å². The number of anilines is 2. The summed E-state index contributed by atoms with van der Waals surface area (Å²) < 4.78 is 1.73. The summed E-state index contributed by atoms with van der Waals surface area (Å²) >= 11 is 0. The Hall–Kier alpha value is -4.19. The molecule has 1 aliphatic carbocycles. The smallest absolute Gasteiger partial charge is 0.259 e. The number of amides is 2. The standard InChI is InChI=1S/C27H24N4O2/c1-18-7-5-6-10-23(18)25-24(17-31(30-25)22-8-3-2-4-9-22)27(33)29-21-15-13-20(14-16-21)28-26(32)19-11-12-19/h2-10,13-17,19H,11-12H2,1H3,(H,28,32)(H,29,33). The van der Waals surface area contributed by atoms with Crippen molar-refractivity contribution in [2.75, 3.05) is 10.6 Å². The Kier molecular flexibility index (Phi) is 5.48. The van der Waals surface area contributed by atoms with Crippen LogP contribution in [0.15, 0.2) is 85.1 Å². The van der Waals surface area contributed by atoms with Gasteiger partial charge in [-0.15, -0.1) is 0 Å². The van der Waals surface area contributed by atoms with Gasteiger partial charge in [-0.25, -0.2) is 4.68 Å². The van der Waals surface area contributed by atoms with E-state index >= 15 is 0 Å². The van der Waals surface area contributed by atoms with Gasteiger partial charge in [0.2, 0.25) is 5.91 Å². The molecule has 1 aliphatic rings. The van der Waals surface area contributed by atoms with E-state index in [1.807, 2.05) is 61.5 Å². The molecule has 1 saturated carbocycles. The highest BCUT2D eigenvalue weighted by Gasteiger charge is 2.29. The van der Waals surface area contributed by atoms with Crippen LogP contribution in [0.2, 0.25) is 0 Å². The summed E-state index contributed by atoms with van der Waals surface area (Å²) in [5.74, 6) is -0.0430. The molecule has 4 aromatic rings. The first kappa shape index (κ1) is 20.7. The van der Waals surface area contributed by atoms with Crippen molar-refractivity contribution in [3.63, 3.8) is 0 Å². The zero-order valence-electron chi connectivity index (χ0n) is 18.3. The summed E-state index contributed by atoms with van der Waals surface area (Å²) in [6.07, 6.45) is 3.68. The largest absolute Gasteiger partial charge is 0.326 e. The van der Waals surface area contributed by atoms with E-state index in [0.29, 0.717) is 16.9 Å². The number of nitrogens with zero attached hydrogens (tertiary/aromatic N) is 2. The van der Waals surface area contributed by atoms with Gasteiger partial charge in [-0.3, -0.25) is 9.59 Å². The summed E-state index contributed by atoms with van der Waals surface area (Å²) in [6, 6.07) is 24.8. The first-order chi connectivity index (χ1) is 16.1. The van der Waals surface area contributed by atoms with Crippen LogP contribution < -0.4 is 10.6 Å². The van der Waals surface area contributed by atoms with E-state index in [4.69, 9.17) is 5.10 Å². The molecule has 0 saturated heterocycles. The van der Waals surface area contributed by atoms with Gasteiger partial charge in [-0.1, -0.05) is 42.5 Å². The average Bonchev–Trinajstić information content (AvgIpc) is 3.60. The number of benzene rings is 3. The van der Waals surface area contributed by atoms with Crippen LogP contribution in [0.3, 0.4) is 0 Å². The molecule has 0 aliphatic heterocycles. The van der Waals surface area contributed by atoms with E-state index in [9.17, 15) is 9.59 Å². The molecule has 0 radical (unpaired) electrons. The lowest BCUT2D eigenvalue weighted by Crippen LogP contribution is -2.14. The molecule has 0 atom stereocenters. The number of aryl methyl sites for hydroxylation is 1. The third-order valence-corrected chi connectivity index (χ3v) is 5.74. The van der Waals surface area contributed by atoms with E-state index in [-0.39, 0.29) is 17.7 Å². The number of hydrogen-bond donors (Lipinski definition) is 2. The monoisotopic (exact) mass is 436 g/mol. The predicted octanol–water partition coefficient (Wildman–Crippen LogP) is 5.45. The number of rotatable bonds is 6. The molecule has 5 rings (SSSR count). The highest BCUT2D eigenvalue weighted by Crippen LogP contribution is 2.30. The lowest BCUT2D eigenvalue weighted by atomic mass is 10.0. The maximum Gasteiger partial charge on any atom is 0.259 e. The second kappa shape index (κ2) is 8.74. The number of para-hydroxylation sites is 1. The topological polar surface area (TPSA) is 76.0 Å². The summed E-state index contributed by atoms with van der Waals surface area (Å²) in [7, 11) is 0. The molecular formula is C27H24N4O2. The molecule has 164 valence electrons. The summed E-state index contributed by atoms with van der Waals surface area (Å²) in [6.45, 7) is 2.01. The van der Waals surface area contributed by atoms with E-state index < -0.39 is 0 Å². The highest BCUT2D eigenvalue weighted by molar-refractivity contribution is 6.08. The van der Waals surface area contributed by atoms with Gasteiger partial charge in [-0.05, 0) is 61.7 Å². The van der Waals surface area contributed by atoms with Crippen molar-refractivity contribution in [3.05, 3.63) is 96.2 Å². The third kappa shape index (κ3) is 4.55. The van der Waals surface area contributed by atoms with Gasteiger partial charge >= 0.3 is 0 Å². The van der Waals surface area contributed by atoms with E-state index in [1.165, 1.54) is 0 Å². The van der Waals surface area contributed by atoms with Gasteiger partial charge in [0.15, 0.2) is 0 Å². The molecular weight excluding hydrogens is 412 g/mol. The van der Waals surface area contributed by atoms with Gasteiger partial charge in [0.05, 0.1) is 11.3 Å². The number of nitrogens with one attached hydrogen (secondary N) is 2. The van der Waals surface area contributed by atoms with Crippen molar-refractivity contribution < 1.29 is 9.59 Å². The molecule has 1 heterocycles. The SMILES string of the molecule is Cc1ccccc1-c1nn(-c2ccccc2)cc1C(=O)Nc1ccc(NC(=O)C2CC2)cc1. The Labute approximate surface area is 192 Å².